The topological polar surface area (TPSA) is 75.4 Å². The molecule has 0 aliphatic carbocycles. The van der Waals surface area contributed by atoms with E-state index < -0.39 is 10.0 Å². The second-order valence-electron chi connectivity index (χ2n) is 6.13. The standard InChI is InChI=1S/C15H22FN3O2S/c16-14-4-1-5-15(17)13(14)7-6-12-9-18-11-3-2-8-22(20,21)19(12)10-11/h1,4-5,11-12,18H,2-3,6-10,17H2. The van der Waals surface area contributed by atoms with E-state index in [9.17, 15) is 12.8 Å². The third kappa shape index (κ3) is 3.11. The molecule has 0 amide bonds. The van der Waals surface area contributed by atoms with Crippen molar-refractivity contribution in [3.05, 3.63) is 29.6 Å². The highest BCUT2D eigenvalue weighted by Crippen LogP contribution is 2.25. The van der Waals surface area contributed by atoms with Crippen molar-refractivity contribution in [3.63, 3.8) is 0 Å². The van der Waals surface area contributed by atoms with Gasteiger partial charge in [0.1, 0.15) is 5.82 Å². The fourth-order valence-corrected chi connectivity index (χ4v) is 5.20. The number of nitrogens with two attached hydrogens (primary N) is 1. The maximum absolute atomic E-state index is 13.8. The maximum atomic E-state index is 13.8. The number of benzene rings is 1. The van der Waals surface area contributed by atoms with Gasteiger partial charge < -0.3 is 11.1 Å². The van der Waals surface area contributed by atoms with Crippen molar-refractivity contribution in [2.24, 2.45) is 0 Å². The van der Waals surface area contributed by atoms with Crippen molar-refractivity contribution < 1.29 is 12.8 Å². The molecule has 3 unspecified atom stereocenters. The van der Waals surface area contributed by atoms with Gasteiger partial charge in [-0.05, 0) is 37.8 Å². The lowest BCUT2D eigenvalue weighted by Crippen LogP contribution is -2.57. The van der Waals surface area contributed by atoms with Gasteiger partial charge in [0.25, 0.3) is 0 Å². The molecule has 7 heteroatoms. The summed E-state index contributed by atoms with van der Waals surface area (Å²) < 4.78 is 40.2. The van der Waals surface area contributed by atoms with Gasteiger partial charge in [-0.15, -0.1) is 0 Å². The summed E-state index contributed by atoms with van der Waals surface area (Å²) in [6.07, 6.45) is 2.61. The van der Waals surface area contributed by atoms with Gasteiger partial charge in [0.2, 0.25) is 10.0 Å². The van der Waals surface area contributed by atoms with Crippen LogP contribution in [0.2, 0.25) is 0 Å². The van der Waals surface area contributed by atoms with E-state index in [-0.39, 0.29) is 23.7 Å². The van der Waals surface area contributed by atoms with Crippen LogP contribution in [0.3, 0.4) is 0 Å². The average Bonchev–Trinajstić information content (AvgIpc) is 2.58. The Balaban J connectivity index is 1.74. The number of nitrogens with zero attached hydrogens (tertiary/aromatic N) is 1. The molecule has 0 saturated carbocycles. The predicted octanol–water partition coefficient (Wildman–Crippen LogP) is 1.11. The number of rotatable bonds is 3. The van der Waals surface area contributed by atoms with Crippen LogP contribution in [-0.2, 0) is 16.4 Å². The molecule has 2 heterocycles. The third-order valence-corrected chi connectivity index (χ3v) is 6.61. The van der Waals surface area contributed by atoms with Crippen LogP contribution in [0.25, 0.3) is 0 Å². The monoisotopic (exact) mass is 327 g/mol. The van der Waals surface area contributed by atoms with E-state index in [0.717, 1.165) is 6.42 Å². The molecule has 122 valence electrons. The Bertz CT molecular complexity index is 630. The Morgan fingerprint density at radius 3 is 3.00 bits per heavy atom. The summed E-state index contributed by atoms with van der Waals surface area (Å²) >= 11 is 0. The third-order valence-electron chi connectivity index (χ3n) is 4.64. The van der Waals surface area contributed by atoms with Gasteiger partial charge in [-0.25, -0.2) is 12.8 Å². The van der Waals surface area contributed by atoms with Gasteiger partial charge in [-0.2, -0.15) is 4.31 Å². The molecule has 0 spiro atoms. The molecule has 3 N–H and O–H groups in total. The van der Waals surface area contributed by atoms with E-state index in [0.29, 0.717) is 43.6 Å². The van der Waals surface area contributed by atoms with Gasteiger partial charge >= 0.3 is 0 Å². The molecule has 0 radical (unpaired) electrons. The molecule has 1 aromatic rings. The molecule has 2 aliphatic rings. The Hall–Kier alpha value is -1.18. The number of nitrogen functional groups attached to an aromatic ring is 1. The van der Waals surface area contributed by atoms with E-state index in [2.05, 4.69) is 5.32 Å². The molecule has 0 aromatic heterocycles. The van der Waals surface area contributed by atoms with E-state index in [1.54, 1.807) is 16.4 Å². The summed E-state index contributed by atoms with van der Waals surface area (Å²) in [5, 5.41) is 3.41. The van der Waals surface area contributed by atoms with Crippen LogP contribution in [0.5, 0.6) is 0 Å². The second-order valence-corrected chi connectivity index (χ2v) is 8.17. The first-order valence-electron chi connectivity index (χ1n) is 7.73. The average molecular weight is 327 g/mol. The first-order valence-corrected chi connectivity index (χ1v) is 9.34. The number of fused-ring (bicyclic) bond motifs is 2. The van der Waals surface area contributed by atoms with Crippen LogP contribution in [0.4, 0.5) is 10.1 Å². The number of sulfonamides is 1. The largest absolute Gasteiger partial charge is 0.398 e. The fourth-order valence-electron chi connectivity index (χ4n) is 3.39. The SMILES string of the molecule is Nc1cccc(F)c1CCC1CNC2CCCS(=O)(=O)N1C2. The molecule has 3 rings (SSSR count). The van der Waals surface area contributed by atoms with Gasteiger partial charge in [-0.3, -0.25) is 0 Å². The molecular weight excluding hydrogens is 305 g/mol. The van der Waals surface area contributed by atoms with E-state index in [1.165, 1.54) is 6.07 Å². The Morgan fingerprint density at radius 1 is 1.41 bits per heavy atom. The van der Waals surface area contributed by atoms with Crippen molar-refractivity contribution in [2.45, 2.75) is 37.8 Å². The maximum Gasteiger partial charge on any atom is 0.214 e. The molecule has 2 aliphatic heterocycles. The van der Waals surface area contributed by atoms with Gasteiger partial charge in [-0.1, -0.05) is 6.07 Å². The second kappa shape index (κ2) is 6.14. The fraction of sp³-hybridized carbons (Fsp3) is 0.600. The lowest BCUT2D eigenvalue weighted by atomic mass is 10.0. The summed E-state index contributed by atoms with van der Waals surface area (Å²) in [7, 11) is -3.20. The molecule has 2 bridgehead atoms. The number of piperazine rings is 1. The zero-order valence-electron chi connectivity index (χ0n) is 12.5. The molecule has 3 atom stereocenters. The minimum absolute atomic E-state index is 0.127. The first-order chi connectivity index (χ1) is 10.5. The Kier molecular flexibility index (Phi) is 4.38. The molecule has 2 saturated heterocycles. The lowest BCUT2D eigenvalue weighted by molar-refractivity contribution is 0.216. The Morgan fingerprint density at radius 2 is 2.23 bits per heavy atom. The molecule has 1 aromatic carbocycles. The van der Waals surface area contributed by atoms with Crippen LogP contribution < -0.4 is 11.1 Å². The molecule has 22 heavy (non-hydrogen) atoms. The van der Waals surface area contributed by atoms with Crippen molar-refractivity contribution in [3.8, 4) is 0 Å². The highest BCUT2D eigenvalue weighted by atomic mass is 32.2. The number of nitrogens with one attached hydrogen (secondary N) is 1. The summed E-state index contributed by atoms with van der Waals surface area (Å²) in [6.45, 7) is 1.15. The van der Waals surface area contributed by atoms with Crippen LogP contribution in [0.15, 0.2) is 18.2 Å². The number of hydrogen-bond acceptors (Lipinski definition) is 4. The van der Waals surface area contributed by atoms with Gasteiger partial charge in [0.15, 0.2) is 0 Å². The quantitative estimate of drug-likeness (QED) is 0.816. The minimum atomic E-state index is -3.20. The van der Waals surface area contributed by atoms with Crippen LogP contribution >= 0.6 is 0 Å². The molecule has 2 fully saturated rings. The number of hydrogen-bond donors (Lipinski definition) is 2. The minimum Gasteiger partial charge on any atom is -0.398 e. The van der Waals surface area contributed by atoms with E-state index in [4.69, 9.17) is 5.73 Å². The number of anilines is 1. The number of halogens is 1. The predicted molar refractivity (Wildman–Crippen MR) is 84.4 cm³/mol. The smallest absolute Gasteiger partial charge is 0.214 e. The highest BCUT2D eigenvalue weighted by Gasteiger charge is 2.37. The van der Waals surface area contributed by atoms with Crippen LogP contribution in [0, 0.1) is 5.82 Å². The summed E-state index contributed by atoms with van der Waals surface area (Å²) in [4.78, 5) is 0. The highest BCUT2D eigenvalue weighted by molar-refractivity contribution is 7.89. The lowest BCUT2D eigenvalue weighted by Gasteiger charge is -2.37. The Labute approximate surface area is 130 Å². The van der Waals surface area contributed by atoms with E-state index >= 15 is 0 Å². The zero-order valence-corrected chi connectivity index (χ0v) is 13.3. The summed E-state index contributed by atoms with van der Waals surface area (Å²) in [5.41, 5.74) is 6.74. The first kappa shape index (κ1) is 15.7. The van der Waals surface area contributed by atoms with E-state index in [1.807, 2.05) is 0 Å². The van der Waals surface area contributed by atoms with Crippen molar-refractivity contribution in [1.29, 1.82) is 0 Å². The van der Waals surface area contributed by atoms with Crippen LogP contribution in [-0.4, -0.2) is 43.6 Å². The van der Waals surface area contributed by atoms with Gasteiger partial charge in [0.05, 0.1) is 5.75 Å². The summed E-state index contributed by atoms with van der Waals surface area (Å²) in [6, 6.07) is 4.77. The zero-order chi connectivity index (χ0) is 15.7. The van der Waals surface area contributed by atoms with Crippen molar-refractivity contribution in [1.82, 2.24) is 9.62 Å². The van der Waals surface area contributed by atoms with Crippen LogP contribution in [0.1, 0.15) is 24.8 Å². The van der Waals surface area contributed by atoms with Gasteiger partial charge in [0, 0.05) is 36.4 Å². The molecular formula is C15H22FN3O2S. The molecule has 5 nitrogen and oxygen atoms in total. The normalized spacial score (nSPS) is 30.7. The van der Waals surface area contributed by atoms with Crippen molar-refractivity contribution in [2.75, 3.05) is 24.6 Å². The summed E-state index contributed by atoms with van der Waals surface area (Å²) in [5.74, 6) is -0.107. The van der Waals surface area contributed by atoms with Crippen molar-refractivity contribution >= 4 is 15.7 Å².